The Morgan fingerprint density at radius 1 is 0.844 bits per heavy atom. The zero-order valence-electron chi connectivity index (χ0n) is 17.9. The molecule has 1 heterocycles. The maximum atomic E-state index is 12.6. The van der Waals surface area contributed by atoms with Crippen LogP contribution in [-0.4, -0.2) is 22.4 Å². The summed E-state index contributed by atoms with van der Waals surface area (Å²) in [5.74, 6) is 0.0287. The van der Waals surface area contributed by atoms with E-state index in [-0.39, 0.29) is 18.4 Å². The van der Waals surface area contributed by atoms with E-state index in [1.54, 1.807) is 0 Å². The predicted molar refractivity (Wildman–Crippen MR) is 131 cm³/mol. The van der Waals surface area contributed by atoms with Crippen LogP contribution in [0.25, 0.3) is 22.5 Å². The second kappa shape index (κ2) is 9.62. The van der Waals surface area contributed by atoms with Crippen molar-refractivity contribution in [2.75, 3.05) is 17.2 Å². The van der Waals surface area contributed by atoms with Crippen LogP contribution < -0.4 is 10.6 Å². The van der Waals surface area contributed by atoms with Gasteiger partial charge in [0.1, 0.15) is 0 Å². The van der Waals surface area contributed by atoms with Gasteiger partial charge in [0, 0.05) is 21.8 Å². The summed E-state index contributed by atoms with van der Waals surface area (Å²) in [6.07, 6.45) is 0. The van der Waals surface area contributed by atoms with Crippen molar-refractivity contribution in [1.82, 2.24) is 9.97 Å². The third-order valence-electron chi connectivity index (χ3n) is 5.05. The first-order valence-electron chi connectivity index (χ1n) is 10.3. The average molecular weight is 443 g/mol. The van der Waals surface area contributed by atoms with Crippen molar-refractivity contribution in [3.63, 3.8) is 0 Å². The van der Waals surface area contributed by atoms with E-state index in [2.05, 4.69) is 20.6 Å². The van der Waals surface area contributed by atoms with Gasteiger partial charge in [-0.1, -0.05) is 71.8 Å². The molecule has 0 atom stereocenters. The monoisotopic (exact) mass is 442 g/mol. The molecular weight excluding hydrogens is 420 g/mol. The number of amides is 1. The molecule has 32 heavy (non-hydrogen) atoms. The first-order chi connectivity index (χ1) is 15.5. The fourth-order valence-corrected chi connectivity index (χ4v) is 3.39. The Morgan fingerprint density at radius 2 is 1.44 bits per heavy atom. The molecular formula is C26H23ClN4O. The van der Waals surface area contributed by atoms with Gasteiger partial charge in [-0.15, -0.1) is 0 Å². The summed E-state index contributed by atoms with van der Waals surface area (Å²) in [5, 5.41) is 6.63. The molecule has 0 saturated heterocycles. The molecule has 2 N–H and O–H groups in total. The Labute approximate surface area is 192 Å². The summed E-state index contributed by atoms with van der Waals surface area (Å²) in [7, 11) is 0. The van der Waals surface area contributed by atoms with Gasteiger partial charge in [-0.3, -0.25) is 10.1 Å². The van der Waals surface area contributed by atoms with E-state index < -0.39 is 0 Å². The fraction of sp³-hybridized carbons (Fsp3) is 0.115. The van der Waals surface area contributed by atoms with Gasteiger partial charge in [-0.25, -0.2) is 9.97 Å². The molecule has 6 heteroatoms. The van der Waals surface area contributed by atoms with Crippen LogP contribution in [0.5, 0.6) is 0 Å². The van der Waals surface area contributed by atoms with Crippen LogP contribution in [0.2, 0.25) is 5.02 Å². The second-order valence-corrected chi connectivity index (χ2v) is 7.99. The number of benzene rings is 3. The molecule has 0 unspecified atom stereocenters. The molecule has 3 aromatic carbocycles. The zero-order chi connectivity index (χ0) is 22.5. The minimum absolute atomic E-state index is 0.110. The van der Waals surface area contributed by atoms with Crippen LogP contribution in [0.4, 0.5) is 11.6 Å². The minimum Gasteiger partial charge on any atom is -0.376 e. The number of aryl methyl sites for hydroxylation is 2. The highest BCUT2D eigenvalue weighted by molar-refractivity contribution is 6.30. The molecule has 0 aliphatic rings. The van der Waals surface area contributed by atoms with Gasteiger partial charge in [0.05, 0.1) is 17.9 Å². The van der Waals surface area contributed by atoms with Crippen molar-refractivity contribution >= 4 is 29.1 Å². The smallest absolute Gasteiger partial charge is 0.246 e. The molecule has 0 bridgehead atoms. The van der Waals surface area contributed by atoms with Crippen molar-refractivity contribution in [3.8, 4) is 22.5 Å². The van der Waals surface area contributed by atoms with Crippen molar-refractivity contribution in [1.29, 1.82) is 0 Å². The molecule has 1 aromatic heterocycles. The lowest BCUT2D eigenvalue weighted by Crippen LogP contribution is -2.23. The van der Waals surface area contributed by atoms with Gasteiger partial charge in [0.15, 0.2) is 0 Å². The van der Waals surface area contributed by atoms with Gasteiger partial charge >= 0.3 is 0 Å². The molecule has 5 nitrogen and oxygen atoms in total. The normalized spacial score (nSPS) is 10.6. The number of para-hydroxylation sites is 1. The third kappa shape index (κ3) is 5.31. The Morgan fingerprint density at radius 3 is 2.06 bits per heavy atom. The number of anilines is 2. The van der Waals surface area contributed by atoms with Gasteiger partial charge in [0.2, 0.25) is 11.9 Å². The number of carbonyl (C=O) groups excluding carboxylic acids is 1. The highest BCUT2D eigenvalue weighted by atomic mass is 35.5. The standard InChI is InChI=1S/C26H23ClN4O/c1-17-7-9-19(10-8-17)23-15-24(20-11-13-21(27)14-12-20)30-26(29-23)31-25(32)16-28-22-6-4-3-5-18(22)2/h3-15,28H,16H2,1-2H3,(H,29,30,31,32). The van der Waals surface area contributed by atoms with Crippen LogP contribution in [0.3, 0.4) is 0 Å². The minimum atomic E-state index is -0.226. The van der Waals surface area contributed by atoms with E-state index in [0.717, 1.165) is 33.6 Å². The van der Waals surface area contributed by atoms with Crippen molar-refractivity contribution in [2.24, 2.45) is 0 Å². The fourth-order valence-electron chi connectivity index (χ4n) is 3.26. The first kappa shape index (κ1) is 21.5. The van der Waals surface area contributed by atoms with Gasteiger partial charge < -0.3 is 5.32 Å². The van der Waals surface area contributed by atoms with Gasteiger partial charge in [-0.05, 0) is 43.7 Å². The third-order valence-corrected chi connectivity index (χ3v) is 5.30. The number of halogens is 1. The van der Waals surface area contributed by atoms with E-state index in [1.165, 1.54) is 0 Å². The maximum Gasteiger partial charge on any atom is 0.246 e. The molecule has 4 rings (SSSR count). The Hall–Kier alpha value is -3.70. The van der Waals surface area contributed by atoms with Crippen LogP contribution in [0.15, 0.2) is 78.9 Å². The SMILES string of the molecule is Cc1ccc(-c2cc(-c3ccc(Cl)cc3)nc(NC(=O)CNc3ccccc3C)n2)cc1. The molecule has 0 saturated carbocycles. The second-order valence-electron chi connectivity index (χ2n) is 7.55. The first-order valence-corrected chi connectivity index (χ1v) is 10.7. The number of nitrogens with zero attached hydrogens (tertiary/aromatic N) is 2. The molecule has 0 aliphatic carbocycles. The Bertz CT molecular complexity index is 1170. The van der Waals surface area contributed by atoms with E-state index >= 15 is 0 Å². The summed E-state index contributed by atoms with van der Waals surface area (Å²) in [6, 6.07) is 25.2. The number of carbonyl (C=O) groups is 1. The van der Waals surface area contributed by atoms with Crippen molar-refractivity contribution in [2.45, 2.75) is 13.8 Å². The number of rotatable bonds is 6. The highest BCUT2D eigenvalue weighted by Crippen LogP contribution is 2.26. The van der Waals surface area contributed by atoms with Crippen LogP contribution in [-0.2, 0) is 4.79 Å². The number of nitrogens with one attached hydrogen (secondary N) is 2. The molecule has 4 aromatic rings. The zero-order valence-corrected chi connectivity index (χ0v) is 18.6. The summed E-state index contributed by atoms with van der Waals surface area (Å²) in [6.45, 7) is 4.14. The number of hydrogen-bond acceptors (Lipinski definition) is 4. The average Bonchev–Trinajstić information content (AvgIpc) is 2.79. The molecule has 0 radical (unpaired) electrons. The molecule has 160 valence electrons. The summed E-state index contributed by atoms with van der Waals surface area (Å²) >= 11 is 6.04. The van der Waals surface area contributed by atoms with Gasteiger partial charge in [0.25, 0.3) is 0 Å². The van der Waals surface area contributed by atoms with E-state index in [0.29, 0.717) is 10.7 Å². The quantitative estimate of drug-likeness (QED) is 0.377. The topological polar surface area (TPSA) is 66.9 Å². The molecule has 0 aliphatic heterocycles. The molecule has 0 spiro atoms. The van der Waals surface area contributed by atoms with Crippen LogP contribution >= 0.6 is 11.6 Å². The Balaban J connectivity index is 1.61. The van der Waals surface area contributed by atoms with Crippen LogP contribution in [0, 0.1) is 13.8 Å². The lowest BCUT2D eigenvalue weighted by Gasteiger charge is -2.12. The predicted octanol–water partition coefficient (Wildman–Crippen LogP) is 6.13. The summed E-state index contributed by atoms with van der Waals surface area (Å²) in [5.41, 5.74) is 6.42. The largest absolute Gasteiger partial charge is 0.376 e. The van der Waals surface area contributed by atoms with E-state index in [4.69, 9.17) is 11.6 Å². The maximum absolute atomic E-state index is 12.6. The van der Waals surface area contributed by atoms with Crippen molar-refractivity contribution < 1.29 is 4.79 Å². The number of aromatic nitrogens is 2. The summed E-state index contributed by atoms with van der Waals surface area (Å²) in [4.78, 5) is 21.8. The van der Waals surface area contributed by atoms with Gasteiger partial charge in [-0.2, -0.15) is 0 Å². The molecule has 1 amide bonds. The lowest BCUT2D eigenvalue weighted by molar-refractivity contribution is -0.114. The lowest BCUT2D eigenvalue weighted by atomic mass is 10.1. The highest BCUT2D eigenvalue weighted by Gasteiger charge is 2.12. The molecule has 0 fully saturated rings. The Kier molecular flexibility index (Phi) is 6.47. The number of hydrogen-bond donors (Lipinski definition) is 2. The summed E-state index contributed by atoms with van der Waals surface area (Å²) < 4.78 is 0. The van der Waals surface area contributed by atoms with Crippen molar-refractivity contribution in [3.05, 3.63) is 95.0 Å². The van der Waals surface area contributed by atoms with E-state index in [1.807, 2.05) is 92.7 Å². The van der Waals surface area contributed by atoms with Crippen LogP contribution in [0.1, 0.15) is 11.1 Å². The van der Waals surface area contributed by atoms with E-state index in [9.17, 15) is 4.79 Å².